The van der Waals surface area contributed by atoms with Crippen molar-refractivity contribution >= 4 is 29.5 Å². The summed E-state index contributed by atoms with van der Waals surface area (Å²) in [6.07, 6.45) is 12.0. The van der Waals surface area contributed by atoms with E-state index in [1.807, 2.05) is 56.1 Å². The smallest absolute Gasteiger partial charge is 0.253 e. The predicted octanol–water partition coefficient (Wildman–Crippen LogP) is 6.31. The normalized spacial score (nSPS) is 23.4. The van der Waals surface area contributed by atoms with Crippen molar-refractivity contribution in [2.75, 3.05) is 36.4 Å². The molecule has 8 rings (SSSR count). The zero-order valence-corrected chi connectivity index (χ0v) is 30.6. The van der Waals surface area contributed by atoms with Crippen LogP contribution in [-0.4, -0.2) is 65.1 Å². The highest BCUT2D eigenvalue weighted by molar-refractivity contribution is 6.06. The molecule has 51 heavy (non-hydrogen) atoms. The molecule has 3 aromatic rings. The number of amides is 2. The fourth-order valence-electron chi connectivity index (χ4n) is 9.85. The number of hydrogen-bond acceptors (Lipinski definition) is 7. The summed E-state index contributed by atoms with van der Waals surface area (Å²) in [5.74, 6) is 3.62. The molecule has 1 saturated heterocycles. The summed E-state index contributed by atoms with van der Waals surface area (Å²) in [7, 11) is 0. The van der Waals surface area contributed by atoms with Gasteiger partial charge in [-0.1, -0.05) is 13.3 Å². The summed E-state index contributed by atoms with van der Waals surface area (Å²) in [5, 5.41) is 14.6. The summed E-state index contributed by atoms with van der Waals surface area (Å²) < 4.78 is 0. The first kappa shape index (κ1) is 35.0. The van der Waals surface area contributed by atoms with Crippen molar-refractivity contribution < 1.29 is 9.59 Å². The van der Waals surface area contributed by atoms with Crippen LogP contribution in [0.2, 0.25) is 0 Å². The summed E-state index contributed by atoms with van der Waals surface area (Å²) in [5.41, 5.74) is 5.75. The van der Waals surface area contributed by atoms with Gasteiger partial charge in [0.1, 0.15) is 5.82 Å². The zero-order valence-electron chi connectivity index (χ0n) is 30.6. The van der Waals surface area contributed by atoms with E-state index in [-0.39, 0.29) is 24.1 Å². The van der Waals surface area contributed by atoms with Crippen molar-refractivity contribution in [1.29, 1.82) is 5.41 Å². The van der Waals surface area contributed by atoms with Gasteiger partial charge in [0, 0.05) is 85.7 Å². The Morgan fingerprint density at radius 3 is 2.43 bits per heavy atom. The average Bonchev–Trinajstić information content (AvgIpc) is 3.86. The van der Waals surface area contributed by atoms with Crippen LogP contribution in [0.5, 0.6) is 0 Å². The number of pyridine rings is 2. The molecule has 10 nitrogen and oxygen atoms in total. The SMILES string of the molecule is CCCc1cc(C)[nH]c(=O)c1CNC(=O)c1cc(-c2ccc(N3CCN(C(=O)CCC45CC6CC4CC6C5)CC3)nc2)cc(NC(C)C)c1C=N. The fraction of sp³-hybridized carbons (Fsp3) is 0.537. The highest BCUT2D eigenvalue weighted by atomic mass is 16.2. The number of aryl methyl sites for hydroxylation is 2. The van der Waals surface area contributed by atoms with Crippen LogP contribution in [0.15, 0.2) is 41.3 Å². The number of piperazine rings is 1. The second kappa shape index (κ2) is 14.3. The van der Waals surface area contributed by atoms with Gasteiger partial charge in [-0.15, -0.1) is 0 Å². The maximum Gasteiger partial charge on any atom is 0.253 e. The molecule has 5 fully saturated rings. The molecule has 2 atom stereocenters. The van der Waals surface area contributed by atoms with Gasteiger partial charge in [0.05, 0.1) is 5.56 Å². The van der Waals surface area contributed by atoms with Crippen molar-refractivity contribution in [2.45, 2.75) is 91.6 Å². The number of aromatic amines is 1. The highest BCUT2D eigenvalue weighted by Gasteiger charge is 2.62. The van der Waals surface area contributed by atoms with E-state index < -0.39 is 0 Å². The van der Waals surface area contributed by atoms with Gasteiger partial charge in [-0.2, -0.15) is 0 Å². The first-order chi connectivity index (χ1) is 24.6. The Morgan fingerprint density at radius 1 is 1.08 bits per heavy atom. The molecule has 2 aromatic heterocycles. The first-order valence-electron chi connectivity index (χ1n) is 19.0. The number of H-pyrrole nitrogens is 1. The fourth-order valence-corrected chi connectivity index (χ4v) is 9.85. The summed E-state index contributed by atoms with van der Waals surface area (Å²) in [6, 6.07) is 9.83. The minimum Gasteiger partial charge on any atom is -0.382 e. The van der Waals surface area contributed by atoms with E-state index in [1.165, 1.54) is 31.9 Å². The molecule has 4 aliphatic carbocycles. The average molecular weight is 692 g/mol. The molecule has 4 bridgehead atoms. The number of nitrogens with one attached hydrogen (secondary N) is 4. The minimum absolute atomic E-state index is 0.0756. The lowest BCUT2D eigenvalue weighted by molar-refractivity contribution is -0.132. The quantitative estimate of drug-likeness (QED) is 0.155. The number of anilines is 2. The molecule has 270 valence electrons. The molecule has 2 amide bonds. The molecule has 4 N–H and O–H groups in total. The molecule has 1 aromatic carbocycles. The van der Waals surface area contributed by atoms with E-state index >= 15 is 0 Å². The van der Waals surface area contributed by atoms with Gasteiger partial charge in [-0.25, -0.2) is 4.98 Å². The number of nitrogens with zero attached hydrogens (tertiary/aromatic N) is 3. The molecule has 5 aliphatic rings. The summed E-state index contributed by atoms with van der Waals surface area (Å²) >= 11 is 0. The van der Waals surface area contributed by atoms with Crippen molar-refractivity contribution in [3.8, 4) is 11.1 Å². The van der Waals surface area contributed by atoms with E-state index in [2.05, 4.69) is 27.4 Å². The lowest BCUT2D eigenvalue weighted by Crippen LogP contribution is -2.49. The van der Waals surface area contributed by atoms with E-state index in [4.69, 9.17) is 10.4 Å². The molecule has 10 heteroatoms. The number of hydrogen-bond donors (Lipinski definition) is 4. The number of aromatic nitrogens is 2. The summed E-state index contributed by atoms with van der Waals surface area (Å²) in [6.45, 7) is 11.0. The van der Waals surface area contributed by atoms with Crippen molar-refractivity contribution in [2.24, 2.45) is 23.2 Å². The third-order valence-corrected chi connectivity index (χ3v) is 12.2. The van der Waals surface area contributed by atoms with Crippen LogP contribution in [0.25, 0.3) is 11.1 Å². The monoisotopic (exact) mass is 691 g/mol. The maximum absolute atomic E-state index is 13.8. The molecular weight excluding hydrogens is 638 g/mol. The van der Waals surface area contributed by atoms with Crippen LogP contribution in [-0.2, 0) is 17.8 Å². The van der Waals surface area contributed by atoms with Crippen LogP contribution < -0.4 is 21.1 Å². The van der Waals surface area contributed by atoms with E-state index in [9.17, 15) is 14.4 Å². The van der Waals surface area contributed by atoms with Crippen molar-refractivity contribution in [3.63, 3.8) is 0 Å². The van der Waals surface area contributed by atoms with Gasteiger partial charge in [-0.3, -0.25) is 14.4 Å². The van der Waals surface area contributed by atoms with Gasteiger partial charge in [0.2, 0.25) is 5.91 Å². The number of carbonyl (C=O) groups is 2. The molecule has 0 spiro atoms. The maximum atomic E-state index is 13.8. The second-order valence-electron chi connectivity index (χ2n) is 15.9. The van der Waals surface area contributed by atoms with Crippen molar-refractivity contribution in [1.82, 2.24) is 20.2 Å². The Kier molecular flexibility index (Phi) is 9.78. The van der Waals surface area contributed by atoms with Crippen LogP contribution in [0.4, 0.5) is 11.5 Å². The molecule has 1 aliphatic heterocycles. The Bertz CT molecular complexity index is 1840. The van der Waals surface area contributed by atoms with Crippen LogP contribution in [0, 0.1) is 35.5 Å². The predicted molar refractivity (Wildman–Crippen MR) is 203 cm³/mol. The molecular formula is C41H53N7O3. The lowest BCUT2D eigenvalue weighted by Gasteiger charge is -2.36. The van der Waals surface area contributed by atoms with Crippen molar-refractivity contribution in [3.05, 3.63) is 74.8 Å². The zero-order chi connectivity index (χ0) is 35.9. The Hall–Kier alpha value is -4.47. The van der Waals surface area contributed by atoms with Gasteiger partial charge >= 0.3 is 0 Å². The van der Waals surface area contributed by atoms with E-state index in [0.29, 0.717) is 53.2 Å². The number of benzene rings is 1. The number of rotatable bonds is 13. The van der Waals surface area contributed by atoms with Crippen LogP contribution in [0.3, 0.4) is 0 Å². The van der Waals surface area contributed by atoms with Crippen LogP contribution >= 0.6 is 0 Å². The topological polar surface area (TPSA) is 134 Å². The number of carbonyl (C=O) groups excluding carboxylic acids is 2. The molecule has 2 unspecified atom stereocenters. The lowest BCUT2D eigenvalue weighted by atomic mass is 9.77. The standard InChI is InChI=1S/C41H53N7O3/c1-5-6-27-15-26(4)46-40(51)35(27)24-44-39(50)33-18-29(19-36(34(33)22-42)45-25(2)3)28-7-8-37(43-23-28)47-11-13-48(14-12-47)38(49)9-10-41-20-30-16-32(41)17-31(30)21-41/h7-8,15,18-19,22-23,25,30-32,42,45H,5-6,9-14,16-17,20-21,24H2,1-4H3,(H,44,50)(H,46,51). The van der Waals surface area contributed by atoms with E-state index in [1.54, 1.807) is 6.07 Å². The third kappa shape index (κ3) is 6.94. The first-order valence-corrected chi connectivity index (χ1v) is 19.0. The molecule has 4 saturated carbocycles. The van der Waals surface area contributed by atoms with Gasteiger partial charge in [-0.05, 0) is 124 Å². The van der Waals surface area contributed by atoms with Crippen LogP contribution in [0.1, 0.15) is 98.5 Å². The molecule has 3 heterocycles. The Morgan fingerprint density at radius 2 is 1.82 bits per heavy atom. The second-order valence-corrected chi connectivity index (χ2v) is 15.9. The van der Waals surface area contributed by atoms with Gasteiger partial charge in [0.15, 0.2) is 0 Å². The third-order valence-electron chi connectivity index (χ3n) is 12.2. The van der Waals surface area contributed by atoms with E-state index in [0.717, 1.165) is 78.3 Å². The Balaban J connectivity index is 1.02. The molecule has 0 radical (unpaired) electrons. The highest BCUT2D eigenvalue weighted by Crippen LogP contribution is 2.71. The Labute approximate surface area is 301 Å². The summed E-state index contributed by atoms with van der Waals surface area (Å²) in [4.78, 5) is 51.8. The van der Waals surface area contributed by atoms with Gasteiger partial charge < -0.3 is 30.8 Å². The minimum atomic E-state index is -0.353. The largest absolute Gasteiger partial charge is 0.382 e. The van der Waals surface area contributed by atoms with Gasteiger partial charge in [0.25, 0.3) is 11.5 Å².